The maximum Gasteiger partial charge on any atom is 0.0789 e. The van der Waals surface area contributed by atoms with Gasteiger partial charge in [-0.2, -0.15) is 0 Å². The van der Waals surface area contributed by atoms with Crippen molar-refractivity contribution in [3.63, 3.8) is 0 Å². The van der Waals surface area contributed by atoms with Crippen molar-refractivity contribution in [1.82, 2.24) is 4.90 Å². The Morgan fingerprint density at radius 2 is 2.50 bits per heavy atom. The third-order valence-corrected chi connectivity index (χ3v) is 2.26. The number of rotatable bonds is 3. The Bertz CT molecular complexity index is 168. The summed E-state index contributed by atoms with van der Waals surface area (Å²) in [4.78, 5) is 2.23. The zero-order chi connectivity index (χ0) is 8.97. The van der Waals surface area contributed by atoms with Gasteiger partial charge in [-0.25, -0.2) is 0 Å². The Kier molecular flexibility index (Phi) is 3.72. The highest BCUT2D eigenvalue weighted by Gasteiger charge is 2.12. The van der Waals surface area contributed by atoms with Crippen molar-refractivity contribution in [3.8, 4) is 0 Å². The van der Waals surface area contributed by atoms with E-state index in [-0.39, 0.29) is 6.10 Å². The summed E-state index contributed by atoms with van der Waals surface area (Å²) in [6, 6.07) is 0. The van der Waals surface area contributed by atoms with Crippen LogP contribution in [-0.4, -0.2) is 42.3 Å². The van der Waals surface area contributed by atoms with Crippen LogP contribution in [0.4, 0.5) is 0 Å². The molecule has 3 nitrogen and oxygen atoms in total. The topological polar surface area (TPSA) is 49.5 Å². The van der Waals surface area contributed by atoms with Crippen molar-refractivity contribution in [1.29, 1.82) is 0 Å². The smallest absolute Gasteiger partial charge is 0.0789 e. The zero-order valence-corrected chi connectivity index (χ0v) is 7.66. The third kappa shape index (κ3) is 2.93. The zero-order valence-electron chi connectivity index (χ0n) is 7.66. The molecule has 0 radical (unpaired) electrons. The highest BCUT2D eigenvalue weighted by molar-refractivity contribution is 5.03. The first kappa shape index (κ1) is 9.71. The van der Waals surface area contributed by atoms with Crippen molar-refractivity contribution < 1.29 is 5.11 Å². The molecule has 0 aromatic rings. The number of hydrogen-bond donors (Lipinski definition) is 2. The lowest BCUT2D eigenvalue weighted by atomic mass is 10.1. The van der Waals surface area contributed by atoms with Gasteiger partial charge in [0.25, 0.3) is 0 Å². The minimum absolute atomic E-state index is 0.360. The lowest BCUT2D eigenvalue weighted by molar-refractivity contribution is 0.123. The average Bonchev–Trinajstić information content (AvgIpc) is 2.09. The SMILES string of the molecule is CC1=CCN(CC(O)CN)CC1. The van der Waals surface area contributed by atoms with Crippen LogP contribution in [-0.2, 0) is 0 Å². The molecule has 0 fully saturated rings. The molecule has 1 atom stereocenters. The third-order valence-electron chi connectivity index (χ3n) is 2.26. The molecule has 0 spiro atoms. The second-order valence-electron chi connectivity index (χ2n) is 3.45. The Hall–Kier alpha value is -0.380. The monoisotopic (exact) mass is 170 g/mol. The summed E-state index contributed by atoms with van der Waals surface area (Å²) in [7, 11) is 0. The van der Waals surface area contributed by atoms with Crippen molar-refractivity contribution in [2.24, 2.45) is 5.73 Å². The van der Waals surface area contributed by atoms with Crippen LogP contribution < -0.4 is 5.73 Å². The van der Waals surface area contributed by atoms with Crippen LogP contribution >= 0.6 is 0 Å². The average molecular weight is 170 g/mol. The first-order valence-corrected chi connectivity index (χ1v) is 4.48. The van der Waals surface area contributed by atoms with Gasteiger partial charge < -0.3 is 10.8 Å². The van der Waals surface area contributed by atoms with Gasteiger partial charge >= 0.3 is 0 Å². The normalized spacial score (nSPS) is 22.1. The summed E-state index contributed by atoms with van der Waals surface area (Å²) in [6.45, 7) is 5.23. The predicted octanol–water partition coefficient (Wildman–Crippen LogP) is -0.0420. The number of aliphatic hydroxyl groups is 1. The number of nitrogens with two attached hydrogens (primary N) is 1. The quantitative estimate of drug-likeness (QED) is 0.584. The first-order chi connectivity index (χ1) is 5.72. The predicted molar refractivity (Wildman–Crippen MR) is 49.9 cm³/mol. The Morgan fingerprint density at radius 3 is 3.00 bits per heavy atom. The molecule has 0 amide bonds. The van der Waals surface area contributed by atoms with Gasteiger partial charge in [0.15, 0.2) is 0 Å². The summed E-state index contributed by atoms with van der Waals surface area (Å²) in [5, 5.41) is 9.29. The molecule has 0 bridgehead atoms. The van der Waals surface area contributed by atoms with E-state index in [1.54, 1.807) is 0 Å². The molecule has 1 rings (SSSR count). The lowest BCUT2D eigenvalue weighted by Gasteiger charge is -2.26. The summed E-state index contributed by atoms with van der Waals surface area (Å²) >= 11 is 0. The molecule has 0 saturated carbocycles. The summed E-state index contributed by atoms with van der Waals surface area (Å²) < 4.78 is 0. The van der Waals surface area contributed by atoms with Gasteiger partial charge in [-0.15, -0.1) is 0 Å². The minimum Gasteiger partial charge on any atom is -0.390 e. The van der Waals surface area contributed by atoms with Crippen molar-refractivity contribution >= 4 is 0 Å². The summed E-state index contributed by atoms with van der Waals surface area (Å²) in [6.07, 6.45) is 2.97. The van der Waals surface area contributed by atoms with Gasteiger partial charge in [0.1, 0.15) is 0 Å². The minimum atomic E-state index is -0.364. The largest absolute Gasteiger partial charge is 0.390 e. The molecular weight excluding hydrogens is 152 g/mol. The molecule has 1 unspecified atom stereocenters. The van der Waals surface area contributed by atoms with E-state index in [1.165, 1.54) is 5.57 Å². The molecule has 3 N–H and O–H groups in total. The Labute approximate surface area is 73.9 Å². The maximum atomic E-state index is 9.29. The van der Waals surface area contributed by atoms with Gasteiger partial charge in [-0.1, -0.05) is 11.6 Å². The Morgan fingerprint density at radius 1 is 1.75 bits per heavy atom. The second-order valence-corrected chi connectivity index (χ2v) is 3.45. The highest BCUT2D eigenvalue weighted by Crippen LogP contribution is 2.09. The number of aliphatic hydroxyl groups excluding tert-OH is 1. The summed E-state index contributed by atoms with van der Waals surface area (Å²) in [5.74, 6) is 0. The van der Waals surface area contributed by atoms with Crippen LogP contribution in [0, 0.1) is 0 Å². The van der Waals surface area contributed by atoms with E-state index in [4.69, 9.17) is 5.73 Å². The number of hydrogen-bond acceptors (Lipinski definition) is 3. The van der Waals surface area contributed by atoms with Gasteiger partial charge in [-0.3, -0.25) is 4.90 Å². The molecule has 0 saturated heterocycles. The molecule has 12 heavy (non-hydrogen) atoms. The van der Waals surface area contributed by atoms with Crippen molar-refractivity contribution in [2.75, 3.05) is 26.2 Å². The fraction of sp³-hybridized carbons (Fsp3) is 0.778. The van der Waals surface area contributed by atoms with Crippen LogP contribution in [0.15, 0.2) is 11.6 Å². The van der Waals surface area contributed by atoms with E-state index in [1.807, 2.05) is 0 Å². The van der Waals surface area contributed by atoms with Crippen LogP contribution in [0.1, 0.15) is 13.3 Å². The fourth-order valence-corrected chi connectivity index (χ4v) is 1.35. The van der Waals surface area contributed by atoms with E-state index < -0.39 is 0 Å². The van der Waals surface area contributed by atoms with Gasteiger partial charge in [0.2, 0.25) is 0 Å². The van der Waals surface area contributed by atoms with E-state index in [2.05, 4.69) is 17.9 Å². The van der Waals surface area contributed by atoms with Crippen LogP contribution in [0.3, 0.4) is 0 Å². The maximum absolute atomic E-state index is 9.29. The number of nitrogens with zero attached hydrogens (tertiary/aromatic N) is 1. The van der Waals surface area contributed by atoms with E-state index in [9.17, 15) is 5.11 Å². The van der Waals surface area contributed by atoms with Crippen molar-refractivity contribution in [3.05, 3.63) is 11.6 Å². The first-order valence-electron chi connectivity index (χ1n) is 4.48. The van der Waals surface area contributed by atoms with E-state index >= 15 is 0 Å². The standard InChI is InChI=1S/C9H18N2O/c1-8-2-4-11(5-3-8)7-9(12)6-10/h2,9,12H,3-7,10H2,1H3. The second kappa shape index (κ2) is 4.60. The molecule has 1 aliphatic rings. The molecule has 1 heterocycles. The van der Waals surface area contributed by atoms with E-state index in [0.29, 0.717) is 13.1 Å². The van der Waals surface area contributed by atoms with Crippen LogP contribution in [0.5, 0.6) is 0 Å². The summed E-state index contributed by atoms with van der Waals surface area (Å²) in [5.41, 5.74) is 6.78. The molecule has 0 aromatic heterocycles. The van der Waals surface area contributed by atoms with Gasteiger partial charge in [0.05, 0.1) is 6.10 Å². The van der Waals surface area contributed by atoms with E-state index in [0.717, 1.165) is 19.5 Å². The Balaban J connectivity index is 2.27. The lowest BCUT2D eigenvalue weighted by Crippen LogP contribution is -2.38. The molecule has 1 aliphatic heterocycles. The highest BCUT2D eigenvalue weighted by atomic mass is 16.3. The molecule has 0 aromatic carbocycles. The molecule has 0 aliphatic carbocycles. The molecular formula is C9H18N2O. The molecule has 3 heteroatoms. The van der Waals surface area contributed by atoms with Gasteiger partial charge in [0, 0.05) is 26.2 Å². The molecule has 70 valence electrons. The van der Waals surface area contributed by atoms with Gasteiger partial charge in [-0.05, 0) is 13.3 Å². The fourth-order valence-electron chi connectivity index (χ4n) is 1.35. The van der Waals surface area contributed by atoms with Crippen LogP contribution in [0.2, 0.25) is 0 Å². The number of β-amino-alcohol motifs (C(OH)–C–C–N with tert-alkyl or cyclic N) is 1. The van der Waals surface area contributed by atoms with Crippen molar-refractivity contribution in [2.45, 2.75) is 19.4 Å². The van der Waals surface area contributed by atoms with Crippen LogP contribution in [0.25, 0.3) is 0 Å².